The minimum Gasteiger partial charge on any atom is -0.444 e. The lowest BCUT2D eigenvalue weighted by Crippen LogP contribution is -2.50. The van der Waals surface area contributed by atoms with Crippen LogP contribution >= 0.6 is 0 Å². The summed E-state index contributed by atoms with van der Waals surface area (Å²) in [6, 6.07) is 8.07. The van der Waals surface area contributed by atoms with Crippen molar-refractivity contribution in [3.8, 4) is 0 Å². The van der Waals surface area contributed by atoms with Gasteiger partial charge in [0.05, 0.1) is 18.7 Å². The minimum absolute atomic E-state index is 0.0158. The van der Waals surface area contributed by atoms with Crippen molar-refractivity contribution in [1.82, 2.24) is 10.2 Å². The highest BCUT2D eigenvalue weighted by atomic mass is 16.6. The van der Waals surface area contributed by atoms with E-state index < -0.39 is 11.7 Å². The molecule has 1 aliphatic heterocycles. The highest BCUT2D eigenvalue weighted by Crippen LogP contribution is 2.34. The van der Waals surface area contributed by atoms with Gasteiger partial charge in [-0.2, -0.15) is 0 Å². The van der Waals surface area contributed by atoms with E-state index in [0.717, 1.165) is 30.5 Å². The van der Waals surface area contributed by atoms with Crippen molar-refractivity contribution in [2.45, 2.75) is 57.3 Å². The number of carbonyl (C=O) groups excluding carboxylic acids is 1. The number of ether oxygens (including phenoxy) is 1. The highest BCUT2D eigenvalue weighted by molar-refractivity contribution is 5.70. The van der Waals surface area contributed by atoms with Crippen molar-refractivity contribution in [2.75, 3.05) is 13.2 Å². The molecule has 1 aliphatic carbocycles. The molecule has 5 heteroatoms. The van der Waals surface area contributed by atoms with Gasteiger partial charge in [0.2, 0.25) is 0 Å². The van der Waals surface area contributed by atoms with E-state index in [1.54, 1.807) is 0 Å². The third kappa shape index (κ3) is 4.05. The lowest BCUT2D eigenvalue weighted by atomic mass is 9.88. The first kappa shape index (κ1) is 18.0. The molecule has 0 spiro atoms. The molecule has 0 radical (unpaired) electrons. The maximum absolute atomic E-state index is 12.4. The lowest BCUT2D eigenvalue weighted by molar-refractivity contribution is 0.0456. The maximum Gasteiger partial charge on any atom is 0.408 e. The van der Waals surface area contributed by atoms with Crippen molar-refractivity contribution in [1.29, 1.82) is 0 Å². The molecule has 1 fully saturated rings. The first-order valence-electron chi connectivity index (χ1n) is 9.02. The average molecular weight is 344 g/mol. The summed E-state index contributed by atoms with van der Waals surface area (Å²) in [5.41, 5.74) is 1.66. The van der Waals surface area contributed by atoms with Crippen LogP contribution in [-0.4, -0.2) is 46.9 Å². The number of aliphatic hydroxyl groups excluding tert-OH is 1. The zero-order valence-corrected chi connectivity index (χ0v) is 15.2. The molecular formula is C20H28N2O3. The Hall–Kier alpha value is -1.85. The van der Waals surface area contributed by atoms with Crippen LogP contribution in [-0.2, 0) is 4.74 Å². The molecule has 2 N–H and O–H groups in total. The molecule has 1 aromatic rings. The second kappa shape index (κ2) is 7.18. The summed E-state index contributed by atoms with van der Waals surface area (Å²) in [4.78, 5) is 14.7. The molecule has 25 heavy (non-hydrogen) atoms. The monoisotopic (exact) mass is 344 g/mol. The molecule has 3 atom stereocenters. The Morgan fingerprint density at radius 3 is 2.84 bits per heavy atom. The van der Waals surface area contributed by atoms with Crippen LogP contribution in [0.4, 0.5) is 4.79 Å². The fourth-order valence-corrected chi connectivity index (χ4v) is 3.79. The number of nitrogens with one attached hydrogen (secondary N) is 1. The second-order valence-corrected chi connectivity index (χ2v) is 7.82. The SMILES string of the molecule is CC(C)(C)OC(=O)N[C@@H]1c2ccccc2C=C[C@H]1N1CCC[C@H]1CO. The number of amides is 1. The van der Waals surface area contributed by atoms with E-state index in [2.05, 4.69) is 34.5 Å². The van der Waals surface area contributed by atoms with E-state index in [1.807, 2.05) is 32.9 Å². The van der Waals surface area contributed by atoms with E-state index >= 15 is 0 Å². The Morgan fingerprint density at radius 2 is 2.12 bits per heavy atom. The van der Waals surface area contributed by atoms with E-state index in [1.165, 1.54) is 0 Å². The highest BCUT2D eigenvalue weighted by Gasteiger charge is 2.37. The summed E-state index contributed by atoms with van der Waals surface area (Å²) < 4.78 is 5.48. The number of hydrogen-bond acceptors (Lipinski definition) is 4. The zero-order chi connectivity index (χ0) is 18.0. The van der Waals surface area contributed by atoms with Crippen LogP contribution in [0.15, 0.2) is 30.3 Å². The van der Waals surface area contributed by atoms with Crippen LogP contribution in [0.5, 0.6) is 0 Å². The minimum atomic E-state index is -0.537. The van der Waals surface area contributed by atoms with Crippen LogP contribution < -0.4 is 5.32 Å². The molecule has 5 nitrogen and oxygen atoms in total. The van der Waals surface area contributed by atoms with Crippen LogP contribution in [0.1, 0.15) is 50.8 Å². The summed E-state index contributed by atoms with van der Waals surface area (Å²) in [7, 11) is 0. The predicted molar refractivity (Wildman–Crippen MR) is 98.2 cm³/mol. The first-order chi connectivity index (χ1) is 11.9. The van der Waals surface area contributed by atoms with Crippen molar-refractivity contribution < 1.29 is 14.6 Å². The number of fused-ring (bicyclic) bond motifs is 1. The van der Waals surface area contributed by atoms with Gasteiger partial charge in [-0.05, 0) is 51.3 Å². The normalized spacial score (nSPS) is 26.3. The summed E-state index contributed by atoms with van der Waals surface area (Å²) in [5, 5.41) is 12.8. The van der Waals surface area contributed by atoms with Crippen molar-refractivity contribution >= 4 is 12.2 Å². The number of rotatable bonds is 3. The largest absolute Gasteiger partial charge is 0.444 e. The van der Waals surface area contributed by atoms with Crippen molar-refractivity contribution in [3.05, 3.63) is 41.5 Å². The van der Waals surface area contributed by atoms with Gasteiger partial charge >= 0.3 is 6.09 Å². The Balaban J connectivity index is 1.87. The Labute approximate surface area is 149 Å². The Bertz CT molecular complexity index is 651. The molecule has 136 valence electrons. The molecular weight excluding hydrogens is 316 g/mol. The lowest BCUT2D eigenvalue weighted by Gasteiger charge is -2.39. The molecule has 0 bridgehead atoms. The fourth-order valence-electron chi connectivity index (χ4n) is 3.79. The van der Waals surface area contributed by atoms with Gasteiger partial charge in [0.15, 0.2) is 0 Å². The molecule has 3 rings (SSSR count). The number of aliphatic hydroxyl groups is 1. The molecule has 0 saturated carbocycles. The zero-order valence-electron chi connectivity index (χ0n) is 15.2. The maximum atomic E-state index is 12.4. The summed E-state index contributed by atoms with van der Waals surface area (Å²) in [6.45, 7) is 6.66. The van der Waals surface area contributed by atoms with Gasteiger partial charge in [-0.15, -0.1) is 0 Å². The Morgan fingerprint density at radius 1 is 1.36 bits per heavy atom. The molecule has 0 aromatic heterocycles. The van der Waals surface area contributed by atoms with E-state index in [9.17, 15) is 9.90 Å². The van der Waals surface area contributed by atoms with Crippen LogP contribution in [0.3, 0.4) is 0 Å². The third-order valence-corrected chi connectivity index (χ3v) is 4.83. The van der Waals surface area contributed by atoms with E-state index in [4.69, 9.17) is 4.74 Å². The van der Waals surface area contributed by atoms with Gasteiger partial charge < -0.3 is 15.2 Å². The summed E-state index contributed by atoms with van der Waals surface area (Å²) in [5.74, 6) is 0. The van der Waals surface area contributed by atoms with Gasteiger partial charge in [-0.1, -0.05) is 36.4 Å². The van der Waals surface area contributed by atoms with Crippen LogP contribution in [0, 0.1) is 0 Å². The van der Waals surface area contributed by atoms with E-state index in [0.29, 0.717) is 0 Å². The van der Waals surface area contributed by atoms with Gasteiger partial charge in [0.25, 0.3) is 0 Å². The molecule has 0 unspecified atom stereocenters. The molecule has 1 saturated heterocycles. The van der Waals surface area contributed by atoms with Gasteiger partial charge in [0.1, 0.15) is 5.60 Å². The number of nitrogens with zero attached hydrogens (tertiary/aromatic N) is 1. The third-order valence-electron chi connectivity index (χ3n) is 4.83. The quantitative estimate of drug-likeness (QED) is 0.884. The van der Waals surface area contributed by atoms with Gasteiger partial charge in [-0.3, -0.25) is 4.90 Å². The molecule has 1 aromatic carbocycles. The first-order valence-corrected chi connectivity index (χ1v) is 9.02. The summed E-state index contributed by atoms with van der Waals surface area (Å²) >= 11 is 0. The van der Waals surface area contributed by atoms with Crippen molar-refractivity contribution in [3.63, 3.8) is 0 Å². The smallest absolute Gasteiger partial charge is 0.408 e. The predicted octanol–water partition coefficient (Wildman–Crippen LogP) is 3.10. The number of benzene rings is 1. The van der Waals surface area contributed by atoms with E-state index in [-0.39, 0.29) is 24.7 Å². The molecule has 2 aliphatic rings. The fraction of sp³-hybridized carbons (Fsp3) is 0.550. The van der Waals surface area contributed by atoms with Gasteiger partial charge in [0, 0.05) is 6.04 Å². The van der Waals surface area contributed by atoms with Gasteiger partial charge in [-0.25, -0.2) is 4.79 Å². The number of carbonyl (C=O) groups is 1. The Kier molecular flexibility index (Phi) is 5.16. The summed E-state index contributed by atoms with van der Waals surface area (Å²) in [6.07, 6.45) is 5.89. The van der Waals surface area contributed by atoms with Crippen molar-refractivity contribution in [2.24, 2.45) is 0 Å². The standard InChI is InChI=1S/C20H28N2O3/c1-20(2,3)25-19(24)21-18-16-9-5-4-7-14(16)10-11-17(18)22-12-6-8-15(22)13-23/h4-5,7,9-11,15,17-18,23H,6,8,12-13H2,1-3H3,(H,21,24)/t15-,17+,18+/m0/s1. The number of alkyl carbamates (subject to hydrolysis) is 1. The number of hydrogen-bond donors (Lipinski definition) is 2. The van der Waals surface area contributed by atoms with Crippen LogP contribution in [0.2, 0.25) is 0 Å². The second-order valence-electron chi connectivity index (χ2n) is 7.82. The van der Waals surface area contributed by atoms with Crippen LogP contribution in [0.25, 0.3) is 6.08 Å². The average Bonchev–Trinajstić information content (AvgIpc) is 3.02. The molecule has 1 amide bonds. The molecule has 1 heterocycles. The topological polar surface area (TPSA) is 61.8 Å². The number of likely N-dealkylation sites (tertiary alicyclic amines) is 1.